The van der Waals surface area contributed by atoms with E-state index in [2.05, 4.69) is 10.2 Å². The maximum atomic E-state index is 12.4. The number of hydrogen-bond acceptors (Lipinski definition) is 4. The van der Waals surface area contributed by atoms with Gasteiger partial charge in [0.1, 0.15) is 6.54 Å². The average molecular weight is 267 g/mol. The van der Waals surface area contributed by atoms with Gasteiger partial charge in [-0.1, -0.05) is 13.8 Å². The SMILES string of the molecule is CCOC(=O)CN(CC(C)C)C(=O)c1cn[nH]c1C. The van der Waals surface area contributed by atoms with Crippen molar-refractivity contribution in [2.75, 3.05) is 19.7 Å². The summed E-state index contributed by atoms with van der Waals surface area (Å²) in [6, 6.07) is 0. The molecule has 1 heterocycles. The van der Waals surface area contributed by atoms with E-state index in [0.717, 1.165) is 0 Å². The van der Waals surface area contributed by atoms with Gasteiger partial charge in [0.2, 0.25) is 0 Å². The Labute approximate surface area is 113 Å². The first-order valence-electron chi connectivity index (χ1n) is 6.40. The molecule has 6 nitrogen and oxygen atoms in total. The van der Waals surface area contributed by atoms with Crippen molar-refractivity contribution in [2.24, 2.45) is 5.92 Å². The van der Waals surface area contributed by atoms with E-state index in [0.29, 0.717) is 24.4 Å². The fourth-order valence-electron chi connectivity index (χ4n) is 1.76. The van der Waals surface area contributed by atoms with Gasteiger partial charge in [-0.3, -0.25) is 14.7 Å². The summed E-state index contributed by atoms with van der Waals surface area (Å²) in [5.74, 6) is -0.323. The first-order chi connectivity index (χ1) is 8.95. The third kappa shape index (κ3) is 4.39. The summed E-state index contributed by atoms with van der Waals surface area (Å²) in [6.45, 7) is 8.29. The van der Waals surface area contributed by atoms with Crippen LogP contribution in [0.25, 0.3) is 0 Å². The van der Waals surface area contributed by atoms with E-state index in [4.69, 9.17) is 4.74 Å². The molecule has 1 aromatic rings. The molecular weight excluding hydrogens is 246 g/mol. The van der Waals surface area contributed by atoms with Crippen LogP contribution in [0.1, 0.15) is 36.8 Å². The maximum Gasteiger partial charge on any atom is 0.325 e. The van der Waals surface area contributed by atoms with Gasteiger partial charge in [-0.05, 0) is 19.8 Å². The van der Waals surface area contributed by atoms with E-state index in [1.54, 1.807) is 13.8 Å². The number of carbonyl (C=O) groups is 2. The molecule has 0 unspecified atom stereocenters. The van der Waals surface area contributed by atoms with Gasteiger partial charge < -0.3 is 9.64 Å². The monoisotopic (exact) mass is 267 g/mol. The Morgan fingerprint density at radius 3 is 2.63 bits per heavy atom. The molecule has 6 heteroatoms. The van der Waals surface area contributed by atoms with E-state index >= 15 is 0 Å². The van der Waals surface area contributed by atoms with Crippen LogP contribution in [-0.2, 0) is 9.53 Å². The zero-order valence-corrected chi connectivity index (χ0v) is 11.9. The molecule has 0 saturated carbocycles. The Morgan fingerprint density at radius 2 is 2.16 bits per heavy atom. The lowest BCUT2D eigenvalue weighted by atomic mass is 10.1. The average Bonchev–Trinajstić information content (AvgIpc) is 2.73. The minimum atomic E-state index is -0.391. The molecule has 0 fully saturated rings. The number of nitrogens with zero attached hydrogens (tertiary/aromatic N) is 2. The zero-order chi connectivity index (χ0) is 14.4. The molecule has 0 bridgehead atoms. The second-order valence-electron chi connectivity index (χ2n) is 4.79. The number of aromatic nitrogens is 2. The molecule has 1 aromatic heterocycles. The first-order valence-corrected chi connectivity index (χ1v) is 6.40. The molecular formula is C13H21N3O3. The van der Waals surface area contributed by atoms with E-state index in [1.165, 1.54) is 11.1 Å². The molecule has 1 amide bonds. The normalized spacial score (nSPS) is 10.6. The summed E-state index contributed by atoms with van der Waals surface area (Å²) < 4.78 is 4.90. The fraction of sp³-hybridized carbons (Fsp3) is 0.615. The van der Waals surface area contributed by atoms with Gasteiger partial charge in [0, 0.05) is 12.2 Å². The molecule has 0 aromatic carbocycles. The van der Waals surface area contributed by atoms with Gasteiger partial charge in [-0.2, -0.15) is 5.10 Å². The van der Waals surface area contributed by atoms with Crippen molar-refractivity contribution >= 4 is 11.9 Å². The highest BCUT2D eigenvalue weighted by molar-refractivity contribution is 5.96. The Hall–Kier alpha value is -1.85. The maximum absolute atomic E-state index is 12.4. The minimum absolute atomic E-state index is 0.0323. The summed E-state index contributed by atoms with van der Waals surface area (Å²) in [7, 11) is 0. The number of aryl methyl sites for hydroxylation is 1. The predicted molar refractivity (Wildman–Crippen MR) is 70.7 cm³/mol. The molecule has 0 aliphatic heterocycles. The van der Waals surface area contributed by atoms with Crippen molar-refractivity contribution in [3.05, 3.63) is 17.5 Å². The van der Waals surface area contributed by atoms with E-state index in [9.17, 15) is 9.59 Å². The first kappa shape index (κ1) is 15.2. The number of aromatic amines is 1. The van der Waals surface area contributed by atoms with Gasteiger partial charge in [-0.25, -0.2) is 0 Å². The van der Waals surface area contributed by atoms with Crippen LogP contribution < -0.4 is 0 Å². The Bertz CT molecular complexity index is 440. The van der Waals surface area contributed by atoms with Crippen LogP contribution in [-0.4, -0.2) is 46.7 Å². The van der Waals surface area contributed by atoms with Crippen molar-refractivity contribution in [1.82, 2.24) is 15.1 Å². The number of amides is 1. The van der Waals surface area contributed by atoms with Crippen molar-refractivity contribution in [3.63, 3.8) is 0 Å². The van der Waals surface area contributed by atoms with Crippen LogP contribution in [0.4, 0.5) is 0 Å². The number of hydrogen-bond donors (Lipinski definition) is 1. The third-order valence-electron chi connectivity index (χ3n) is 2.56. The molecule has 106 valence electrons. The quantitative estimate of drug-likeness (QED) is 0.790. The van der Waals surface area contributed by atoms with Crippen LogP contribution in [0.2, 0.25) is 0 Å². The molecule has 19 heavy (non-hydrogen) atoms. The Kier molecular flexibility index (Phi) is 5.54. The number of carbonyl (C=O) groups excluding carboxylic acids is 2. The Balaban J connectivity index is 2.81. The molecule has 1 rings (SSSR count). The van der Waals surface area contributed by atoms with Gasteiger partial charge >= 0.3 is 5.97 Å². The topological polar surface area (TPSA) is 75.3 Å². The van der Waals surface area contributed by atoms with Crippen LogP contribution >= 0.6 is 0 Å². The van der Waals surface area contributed by atoms with E-state index in [1.807, 2.05) is 13.8 Å². The van der Waals surface area contributed by atoms with Gasteiger partial charge in [0.15, 0.2) is 0 Å². The van der Waals surface area contributed by atoms with E-state index < -0.39 is 5.97 Å². The highest BCUT2D eigenvalue weighted by Gasteiger charge is 2.22. The highest BCUT2D eigenvalue weighted by Crippen LogP contribution is 2.10. The van der Waals surface area contributed by atoms with E-state index in [-0.39, 0.29) is 18.4 Å². The predicted octanol–water partition coefficient (Wildman–Crippen LogP) is 1.38. The van der Waals surface area contributed by atoms with Crippen LogP contribution in [0, 0.1) is 12.8 Å². The lowest BCUT2D eigenvalue weighted by molar-refractivity contribution is -0.143. The standard InChI is InChI=1S/C13H21N3O3/c1-5-19-12(17)8-16(7-9(2)3)13(18)11-6-14-15-10(11)4/h6,9H,5,7-8H2,1-4H3,(H,14,15). The zero-order valence-electron chi connectivity index (χ0n) is 11.9. The molecule has 0 saturated heterocycles. The summed E-state index contributed by atoms with van der Waals surface area (Å²) in [4.78, 5) is 25.4. The molecule has 0 radical (unpaired) electrons. The minimum Gasteiger partial charge on any atom is -0.465 e. The summed E-state index contributed by atoms with van der Waals surface area (Å²) in [6.07, 6.45) is 1.48. The van der Waals surface area contributed by atoms with Crippen molar-refractivity contribution in [1.29, 1.82) is 0 Å². The summed E-state index contributed by atoms with van der Waals surface area (Å²) in [5.41, 5.74) is 1.19. The van der Waals surface area contributed by atoms with Crippen LogP contribution in [0.15, 0.2) is 6.20 Å². The van der Waals surface area contributed by atoms with Crippen molar-refractivity contribution in [2.45, 2.75) is 27.7 Å². The van der Waals surface area contributed by atoms with Crippen molar-refractivity contribution < 1.29 is 14.3 Å². The molecule has 0 aliphatic carbocycles. The highest BCUT2D eigenvalue weighted by atomic mass is 16.5. The third-order valence-corrected chi connectivity index (χ3v) is 2.56. The summed E-state index contributed by atoms with van der Waals surface area (Å²) >= 11 is 0. The summed E-state index contributed by atoms with van der Waals surface area (Å²) in [5, 5.41) is 6.55. The molecule has 0 aliphatic rings. The smallest absolute Gasteiger partial charge is 0.325 e. The molecule has 0 spiro atoms. The second kappa shape index (κ2) is 6.92. The van der Waals surface area contributed by atoms with Gasteiger partial charge in [0.05, 0.1) is 18.4 Å². The van der Waals surface area contributed by atoms with Crippen molar-refractivity contribution in [3.8, 4) is 0 Å². The number of esters is 1. The number of ether oxygens (including phenoxy) is 1. The van der Waals surface area contributed by atoms with Gasteiger partial charge in [0.25, 0.3) is 5.91 Å². The lowest BCUT2D eigenvalue weighted by Crippen LogP contribution is -2.39. The van der Waals surface area contributed by atoms with Crippen LogP contribution in [0.5, 0.6) is 0 Å². The number of nitrogens with one attached hydrogen (secondary N) is 1. The Morgan fingerprint density at radius 1 is 1.47 bits per heavy atom. The number of rotatable bonds is 6. The molecule has 1 N–H and O–H groups in total. The largest absolute Gasteiger partial charge is 0.465 e. The second-order valence-corrected chi connectivity index (χ2v) is 4.79. The number of H-pyrrole nitrogens is 1. The fourth-order valence-corrected chi connectivity index (χ4v) is 1.76. The van der Waals surface area contributed by atoms with Crippen LogP contribution in [0.3, 0.4) is 0 Å². The lowest BCUT2D eigenvalue weighted by Gasteiger charge is -2.23. The van der Waals surface area contributed by atoms with Gasteiger partial charge in [-0.15, -0.1) is 0 Å². The molecule has 0 atom stereocenters.